The van der Waals surface area contributed by atoms with E-state index in [0.717, 1.165) is 0 Å². The maximum Gasteiger partial charge on any atom is 0.419 e. The first-order chi connectivity index (χ1) is 9.75. The molecule has 5 nitrogen and oxygen atoms in total. The topological polar surface area (TPSA) is 67.4 Å². The summed E-state index contributed by atoms with van der Waals surface area (Å²) in [7, 11) is 0. The Labute approximate surface area is 119 Å². The number of alkyl halides is 3. The van der Waals surface area contributed by atoms with E-state index in [0.29, 0.717) is 11.3 Å². The van der Waals surface area contributed by atoms with Crippen LogP contribution in [0.1, 0.15) is 12.5 Å². The number of anilines is 1. The van der Waals surface area contributed by atoms with Gasteiger partial charge in [0.05, 0.1) is 6.61 Å². The van der Waals surface area contributed by atoms with Gasteiger partial charge in [-0.2, -0.15) is 13.2 Å². The number of benzene rings is 1. The zero-order chi connectivity index (χ0) is 16.0. The number of aryl methyl sites for hydroxylation is 1. The number of halogens is 3. The number of esters is 1. The van der Waals surface area contributed by atoms with Gasteiger partial charge in [0.25, 0.3) is 0 Å². The van der Waals surface area contributed by atoms with E-state index in [1.165, 1.54) is 13.0 Å². The Balaban J connectivity index is 2.77. The lowest BCUT2D eigenvalue weighted by Gasteiger charge is -2.20. The molecule has 1 unspecified atom stereocenters. The molecular formula is C13H15F3N2O3. The van der Waals surface area contributed by atoms with Gasteiger partial charge in [0.2, 0.25) is 6.04 Å². The van der Waals surface area contributed by atoms with Crippen LogP contribution in [0.5, 0.6) is 0 Å². The lowest BCUT2D eigenvalue weighted by molar-refractivity contribution is -0.182. The van der Waals surface area contributed by atoms with Crippen LogP contribution in [0.15, 0.2) is 24.3 Å². The predicted octanol–water partition coefficient (Wildman–Crippen LogP) is 2.61. The zero-order valence-corrected chi connectivity index (χ0v) is 11.5. The lowest BCUT2D eigenvalue weighted by Crippen LogP contribution is -2.52. The van der Waals surface area contributed by atoms with E-state index >= 15 is 0 Å². The standard InChI is InChI=1S/C13H15F3N2O3/c1-3-21-11(19)10(13(14,15)16)18-12(20)17-9-7-5-4-6-8(9)2/h4-7,10H,3H2,1-2H3,(H2,17,18,20). The van der Waals surface area contributed by atoms with Gasteiger partial charge < -0.3 is 15.4 Å². The molecule has 116 valence electrons. The predicted molar refractivity (Wildman–Crippen MR) is 69.8 cm³/mol. The minimum absolute atomic E-state index is 0.216. The third-order valence-corrected chi connectivity index (χ3v) is 2.52. The second-order valence-electron chi connectivity index (χ2n) is 4.14. The van der Waals surface area contributed by atoms with E-state index in [-0.39, 0.29) is 6.61 Å². The summed E-state index contributed by atoms with van der Waals surface area (Å²) in [6.07, 6.45) is -4.94. The molecule has 0 aliphatic rings. The largest absolute Gasteiger partial charge is 0.464 e. The summed E-state index contributed by atoms with van der Waals surface area (Å²) in [6, 6.07) is 2.70. The molecule has 1 atom stereocenters. The fourth-order valence-corrected chi connectivity index (χ4v) is 1.50. The molecule has 0 aliphatic carbocycles. The van der Waals surface area contributed by atoms with Crippen molar-refractivity contribution >= 4 is 17.7 Å². The van der Waals surface area contributed by atoms with Gasteiger partial charge >= 0.3 is 18.2 Å². The number of ether oxygens (including phenoxy) is 1. The Hall–Kier alpha value is -2.25. The van der Waals surface area contributed by atoms with Crippen molar-refractivity contribution in [3.8, 4) is 0 Å². The Morgan fingerprint density at radius 3 is 2.43 bits per heavy atom. The zero-order valence-electron chi connectivity index (χ0n) is 11.5. The average molecular weight is 304 g/mol. The van der Waals surface area contributed by atoms with Crippen LogP contribution in [-0.2, 0) is 9.53 Å². The van der Waals surface area contributed by atoms with Crippen molar-refractivity contribution in [3.05, 3.63) is 29.8 Å². The first-order valence-corrected chi connectivity index (χ1v) is 6.12. The average Bonchev–Trinajstić information content (AvgIpc) is 2.37. The molecule has 0 bridgehead atoms. The van der Waals surface area contributed by atoms with E-state index in [1.807, 2.05) is 0 Å². The highest BCUT2D eigenvalue weighted by Crippen LogP contribution is 2.21. The first-order valence-electron chi connectivity index (χ1n) is 6.12. The molecule has 0 fully saturated rings. The van der Waals surface area contributed by atoms with E-state index in [4.69, 9.17) is 0 Å². The minimum Gasteiger partial charge on any atom is -0.464 e. The summed E-state index contributed by atoms with van der Waals surface area (Å²) in [5.74, 6) is -1.55. The van der Waals surface area contributed by atoms with Gasteiger partial charge in [0.15, 0.2) is 0 Å². The molecule has 21 heavy (non-hydrogen) atoms. The van der Waals surface area contributed by atoms with Gasteiger partial charge in [-0.1, -0.05) is 18.2 Å². The van der Waals surface area contributed by atoms with Crippen LogP contribution >= 0.6 is 0 Å². The molecule has 0 spiro atoms. The third-order valence-electron chi connectivity index (χ3n) is 2.52. The van der Waals surface area contributed by atoms with E-state index in [9.17, 15) is 22.8 Å². The fraction of sp³-hybridized carbons (Fsp3) is 0.385. The summed E-state index contributed by atoms with van der Waals surface area (Å²) < 4.78 is 42.5. The van der Waals surface area contributed by atoms with Crippen LogP contribution < -0.4 is 10.6 Å². The Bertz CT molecular complexity index is 518. The SMILES string of the molecule is CCOC(=O)C(NC(=O)Nc1ccccc1C)C(F)(F)F. The summed E-state index contributed by atoms with van der Waals surface area (Å²) in [5.41, 5.74) is 1.02. The van der Waals surface area contributed by atoms with Crippen molar-refractivity contribution in [3.63, 3.8) is 0 Å². The number of hydrogen-bond donors (Lipinski definition) is 2. The molecule has 0 aliphatic heterocycles. The highest BCUT2D eigenvalue weighted by molar-refractivity contribution is 5.93. The highest BCUT2D eigenvalue weighted by Gasteiger charge is 2.47. The number of carbonyl (C=O) groups excluding carboxylic acids is 2. The Morgan fingerprint density at radius 2 is 1.90 bits per heavy atom. The van der Waals surface area contributed by atoms with Gasteiger partial charge in [0, 0.05) is 5.69 Å². The molecule has 0 aromatic heterocycles. The van der Waals surface area contributed by atoms with Crippen LogP contribution in [-0.4, -0.2) is 30.8 Å². The molecule has 0 heterocycles. The van der Waals surface area contributed by atoms with Crippen LogP contribution in [0.4, 0.5) is 23.7 Å². The number of nitrogens with one attached hydrogen (secondary N) is 2. The Morgan fingerprint density at radius 1 is 1.29 bits per heavy atom. The first kappa shape index (κ1) is 16.8. The van der Waals surface area contributed by atoms with E-state index < -0.39 is 24.2 Å². The third kappa shape index (κ3) is 4.97. The number of para-hydroxylation sites is 1. The van der Waals surface area contributed by atoms with Crippen molar-refractivity contribution in [2.75, 3.05) is 11.9 Å². The quantitative estimate of drug-likeness (QED) is 0.840. The summed E-state index contributed by atoms with van der Waals surface area (Å²) in [5, 5.41) is 3.82. The number of urea groups is 1. The second kappa shape index (κ2) is 6.96. The molecule has 8 heteroatoms. The van der Waals surface area contributed by atoms with Crippen molar-refractivity contribution < 1.29 is 27.5 Å². The van der Waals surface area contributed by atoms with Crippen LogP contribution in [0, 0.1) is 6.92 Å². The van der Waals surface area contributed by atoms with Crippen LogP contribution in [0.2, 0.25) is 0 Å². The number of carbonyl (C=O) groups is 2. The lowest BCUT2D eigenvalue weighted by atomic mass is 10.2. The van der Waals surface area contributed by atoms with Gasteiger partial charge in [0.1, 0.15) is 0 Å². The molecule has 0 saturated carbocycles. The molecule has 0 radical (unpaired) electrons. The van der Waals surface area contributed by atoms with Crippen LogP contribution in [0.25, 0.3) is 0 Å². The summed E-state index contributed by atoms with van der Waals surface area (Å²) >= 11 is 0. The van der Waals surface area contributed by atoms with Gasteiger partial charge in [-0.15, -0.1) is 0 Å². The normalized spacial score (nSPS) is 12.4. The van der Waals surface area contributed by atoms with Crippen molar-refractivity contribution in [2.24, 2.45) is 0 Å². The van der Waals surface area contributed by atoms with Crippen molar-refractivity contribution in [1.29, 1.82) is 0 Å². The maximum absolute atomic E-state index is 12.7. The number of hydrogen-bond acceptors (Lipinski definition) is 3. The molecule has 1 aromatic carbocycles. The smallest absolute Gasteiger partial charge is 0.419 e. The van der Waals surface area contributed by atoms with Crippen molar-refractivity contribution in [2.45, 2.75) is 26.1 Å². The molecule has 2 amide bonds. The molecule has 1 aromatic rings. The molecular weight excluding hydrogens is 289 g/mol. The Kier molecular flexibility index (Phi) is 5.57. The molecule has 1 rings (SSSR count). The monoisotopic (exact) mass is 304 g/mol. The van der Waals surface area contributed by atoms with E-state index in [2.05, 4.69) is 10.1 Å². The van der Waals surface area contributed by atoms with Crippen molar-refractivity contribution in [1.82, 2.24) is 5.32 Å². The van der Waals surface area contributed by atoms with Gasteiger partial charge in [-0.05, 0) is 25.5 Å². The fourth-order valence-electron chi connectivity index (χ4n) is 1.50. The minimum atomic E-state index is -4.94. The maximum atomic E-state index is 12.7. The summed E-state index contributed by atoms with van der Waals surface area (Å²) in [4.78, 5) is 22.9. The molecule has 0 saturated heterocycles. The summed E-state index contributed by atoms with van der Waals surface area (Å²) in [6.45, 7) is 2.84. The molecule has 2 N–H and O–H groups in total. The van der Waals surface area contributed by atoms with Crippen LogP contribution in [0.3, 0.4) is 0 Å². The number of amides is 2. The van der Waals surface area contributed by atoms with E-state index in [1.54, 1.807) is 30.4 Å². The number of rotatable bonds is 4. The second-order valence-corrected chi connectivity index (χ2v) is 4.14. The van der Waals surface area contributed by atoms with Gasteiger partial charge in [-0.25, -0.2) is 9.59 Å². The highest BCUT2D eigenvalue weighted by atomic mass is 19.4. The van der Waals surface area contributed by atoms with Gasteiger partial charge in [-0.3, -0.25) is 0 Å².